The molecule has 0 saturated carbocycles. The van der Waals surface area contributed by atoms with Gasteiger partial charge in [-0.2, -0.15) is 0 Å². The standard InChI is InChI=1S/C18H20N2OS/c19-15-8-10-20(11-9-15)18(21)16(17-7-4-12-22-17)13-14-5-2-1-3-6-14/h1-7,12-13,15H,8-11,19H2/b16-13+. The number of carbonyl (C=O) groups excluding carboxylic acids is 1. The summed E-state index contributed by atoms with van der Waals surface area (Å²) in [5.41, 5.74) is 7.76. The molecular formula is C18H20N2OS. The molecule has 0 spiro atoms. The zero-order valence-electron chi connectivity index (χ0n) is 12.4. The van der Waals surface area contributed by atoms with Crippen molar-refractivity contribution in [2.75, 3.05) is 13.1 Å². The van der Waals surface area contributed by atoms with Gasteiger partial charge >= 0.3 is 0 Å². The van der Waals surface area contributed by atoms with Gasteiger partial charge in [-0.3, -0.25) is 4.79 Å². The Kier molecular flexibility index (Phi) is 4.71. The molecule has 1 aromatic carbocycles. The van der Waals surface area contributed by atoms with E-state index in [2.05, 4.69) is 0 Å². The first-order valence-corrected chi connectivity index (χ1v) is 8.47. The van der Waals surface area contributed by atoms with Crippen LogP contribution in [0.4, 0.5) is 0 Å². The summed E-state index contributed by atoms with van der Waals surface area (Å²) < 4.78 is 0. The number of rotatable bonds is 3. The Balaban J connectivity index is 1.89. The Morgan fingerprint density at radius 1 is 1.14 bits per heavy atom. The van der Waals surface area contributed by atoms with Gasteiger partial charge in [0.15, 0.2) is 0 Å². The number of benzene rings is 1. The number of hydrogen-bond acceptors (Lipinski definition) is 3. The van der Waals surface area contributed by atoms with Crippen LogP contribution in [0.25, 0.3) is 11.6 Å². The molecule has 1 saturated heterocycles. The van der Waals surface area contributed by atoms with Crippen molar-refractivity contribution in [1.82, 2.24) is 4.90 Å². The molecule has 2 N–H and O–H groups in total. The third-order valence-electron chi connectivity index (χ3n) is 3.95. The summed E-state index contributed by atoms with van der Waals surface area (Å²) in [6.07, 6.45) is 3.76. The quantitative estimate of drug-likeness (QED) is 0.884. The number of amides is 1. The summed E-state index contributed by atoms with van der Waals surface area (Å²) in [6, 6.07) is 14.2. The summed E-state index contributed by atoms with van der Waals surface area (Å²) >= 11 is 1.60. The van der Waals surface area contributed by atoms with Gasteiger partial charge in [0, 0.05) is 24.0 Å². The van der Waals surface area contributed by atoms with E-state index in [0.29, 0.717) is 0 Å². The lowest BCUT2D eigenvalue weighted by Gasteiger charge is -2.30. The maximum absolute atomic E-state index is 12.9. The SMILES string of the molecule is NC1CCN(C(=O)/C(=C/c2ccccc2)c2cccs2)CC1. The van der Waals surface area contributed by atoms with Gasteiger partial charge in [0.2, 0.25) is 0 Å². The van der Waals surface area contributed by atoms with Gasteiger partial charge in [-0.1, -0.05) is 36.4 Å². The predicted molar refractivity (Wildman–Crippen MR) is 92.4 cm³/mol. The average Bonchev–Trinajstić information content (AvgIpc) is 3.08. The number of nitrogens with two attached hydrogens (primary N) is 1. The van der Waals surface area contributed by atoms with E-state index in [9.17, 15) is 4.79 Å². The molecule has 0 bridgehead atoms. The van der Waals surface area contributed by atoms with E-state index < -0.39 is 0 Å². The third-order valence-corrected chi connectivity index (χ3v) is 4.86. The largest absolute Gasteiger partial charge is 0.338 e. The van der Waals surface area contributed by atoms with Crippen molar-refractivity contribution in [2.24, 2.45) is 5.73 Å². The van der Waals surface area contributed by atoms with Crippen molar-refractivity contribution in [3.8, 4) is 0 Å². The lowest BCUT2D eigenvalue weighted by atomic mass is 10.0. The van der Waals surface area contributed by atoms with Crippen LogP contribution in [0.1, 0.15) is 23.3 Å². The summed E-state index contributed by atoms with van der Waals surface area (Å²) in [5.74, 6) is 0.109. The molecule has 4 heteroatoms. The van der Waals surface area contributed by atoms with E-state index in [1.165, 1.54) is 0 Å². The molecule has 1 aromatic heterocycles. The van der Waals surface area contributed by atoms with Crippen molar-refractivity contribution in [2.45, 2.75) is 18.9 Å². The molecule has 2 aromatic rings. The lowest BCUT2D eigenvalue weighted by Crippen LogP contribution is -2.43. The van der Waals surface area contributed by atoms with Crippen LogP contribution in [-0.2, 0) is 4.79 Å². The Morgan fingerprint density at radius 2 is 1.86 bits per heavy atom. The van der Waals surface area contributed by atoms with Gasteiger partial charge in [-0.25, -0.2) is 0 Å². The number of nitrogens with zero attached hydrogens (tertiary/aromatic N) is 1. The van der Waals surface area contributed by atoms with Crippen LogP contribution in [-0.4, -0.2) is 29.9 Å². The second-order valence-electron chi connectivity index (χ2n) is 5.58. The Labute approximate surface area is 135 Å². The second kappa shape index (κ2) is 6.90. The van der Waals surface area contributed by atoms with Gasteiger partial charge in [0.05, 0.1) is 5.57 Å². The van der Waals surface area contributed by atoms with Crippen LogP contribution in [0.15, 0.2) is 47.8 Å². The van der Waals surface area contributed by atoms with Crippen LogP contribution in [0, 0.1) is 0 Å². The molecule has 0 atom stereocenters. The highest BCUT2D eigenvalue weighted by Gasteiger charge is 2.24. The highest BCUT2D eigenvalue weighted by atomic mass is 32.1. The van der Waals surface area contributed by atoms with Gasteiger partial charge in [0.1, 0.15) is 0 Å². The molecule has 0 unspecified atom stereocenters. The topological polar surface area (TPSA) is 46.3 Å². The van der Waals surface area contributed by atoms with E-state index in [1.807, 2.05) is 58.8 Å². The predicted octanol–water partition coefficient (Wildman–Crippen LogP) is 3.24. The molecule has 3 rings (SSSR count). The minimum Gasteiger partial charge on any atom is -0.338 e. The summed E-state index contributed by atoms with van der Waals surface area (Å²) in [4.78, 5) is 15.9. The van der Waals surface area contributed by atoms with Crippen LogP contribution in [0.3, 0.4) is 0 Å². The van der Waals surface area contributed by atoms with Crippen molar-refractivity contribution < 1.29 is 4.79 Å². The number of thiophene rings is 1. The highest BCUT2D eigenvalue weighted by Crippen LogP contribution is 2.26. The smallest absolute Gasteiger partial charge is 0.255 e. The molecule has 2 heterocycles. The maximum atomic E-state index is 12.9. The minimum absolute atomic E-state index is 0.109. The minimum atomic E-state index is 0.109. The number of hydrogen-bond donors (Lipinski definition) is 1. The first kappa shape index (κ1) is 15.0. The number of carbonyl (C=O) groups is 1. The van der Waals surface area contributed by atoms with Crippen molar-refractivity contribution in [3.63, 3.8) is 0 Å². The van der Waals surface area contributed by atoms with E-state index in [0.717, 1.165) is 41.9 Å². The fourth-order valence-electron chi connectivity index (χ4n) is 2.66. The molecule has 1 amide bonds. The van der Waals surface area contributed by atoms with E-state index >= 15 is 0 Å². The molecule has 3 nitrogen and oxygen atoms in total. The van der Waals surface area contributed by atoms with E-state index in [-0.39, 0.29) is 11.9 Å². The normalized spacial score (nSPS) is 16.8. The molecule has 0 radical (unpaired) electrons. The average molecular weight is 312 g/mol. The lowest BCUT2D eigenvalue weighted by molar-refractivity contribution is -0.125. The Hall–Kier alpha value is -1.91. The number of likely N-dealkylation sites (tertiary alicyclic amines) is 1. The fraction of sp³-hybridized carbons (Fsp3) is 0.278. The monoisotopic (exact) mass is 312 g/mol. The molecule has 22 heavy (non-hydrogen) atoms. The molecule has 1 fully saturated rings. The summed E-state index contributed by atoms with van der Waals surface area (Å²) in [6.45, 7) is 1.50. The molecule has 0 aliphatic carbocycles. The second-order valence-corrected chi connectivity index (χ2v) is 6.52. The molecule has 114 valence electrons. The number of piperidine rings is 1. The molecule has 1 aliphatic rings. The van der Waals surface area contributed by atoms with Crippen molar-refractivity contribution in [3.05, 3.63) is 58.3 Å². The molecule has 1 aliphatic heterocycles. The van der Waals surface area contributed by atoms with Gasteiger partial charge < -0.3 is 10.6 Å². The third kappa shape index (κ3) is 3.46. The summed E-state index contributed by atoms with van der Waals surface area (Å²) in [7, 11) is 0. The zero-order chi connectivity index (χ0) is 15.4. The van der Waals surface area contributed by atoms with E-state index in [1.54, 1.807) is 11.3 Å². The van der Waals surface area contributed by atoms with Crippen molar-refractivity contribution in [1.29, 1.82) is 0 Å². The Morgan fingerprint density at radius 3 is 2.50 bits per heavy atom. The first-order chi connectivity index (χ1) is 10.7. The van der Waals surface area contributed by atoms with E-state index in [4.69, 9.17) is 5.73 Å². The van der Waals surface area contributed by atoms with Crippen LogP contribution < -0.4 is 5.73 Å². The van der Waals surface area contributed by atoms with Gasteiger partial charge in [-0.15, -0.1) is 11.3 Å². The highest BCUT2D eigenvalue weighted by molar-refractivity contribution is 7.11. The van der Waals surface area contributed by atoms with Crippen molar-refractivity contribution >= 4 is 28.9 Å². The summed E-state index contributed by atoms with van der Waals surface area (Å²) in [5, 5.41) is 2.01. The first-order valence-electron chi connectivity index (χ1n) is 7.59. The van der Waals surface area contributed by atoms with Gasteiger partial charge in [-0.05, 0) is 35.9 Å². The fourth-order valence-corrected chi connectivity index (χ4v) is 3.39. The van der Waals surface area contributed by atoms with Crippen LogP contribution in [0.5, 0.6) is 0 Å². The van der Waals surface area contributed by atoms with Crippen LogP contribution >= 0.6 is 11.3 Å². The van der Waals surface area contributed by atoms with Crippen LogP contribution in [0.2, 0.25) is 0 Å². The zero-order valence-corrected chi connectivity index (χ0v) is 13.3. The maximum Gasteiger partial charge on any atom is 0.255 e. The molecular weight excluding hydrogens is 292 g/mol. The Bertz CT molecular complexity index is 641. The van der Waals surface area contributed by atoms with Gasteiger partial charge in [0.25, 0.3) is 5.91 Å².